The molecule has 2 aromatic rings. The number of benzene rings is 1. The molecule has 0 bridgehead atoms. The molecule has 0 fully saturated rings. The molecule has 132 valence electrons. The summed E-state index contributed by atoms with van der Waals surface area (Å²) >= 11 is 0. The molecule has 1 aromatic carbocycles. The molecule has 1 heterocycles. The zero-order chi connectivity index (χ0) is 17.7. The first-order valence-electron chi connectivity index (χ1n) is 8.84. The van der Waals surface area contributed by atoms with E-state index in [1.54, 1.807) is 7.11 Å². The fourth-order valence-corrected chi connectivity index (χ4v) is 3.02. The van der Waals surface area contributed by atoms with Gasteiger partial charge in [0.2, 0.25) is 0 Å². The van der Waals surface area contributed by atoms with Crippen molar-refractivity contribution in [3.05, 3.63) is 30.5 Å². The number of anilines is 1. The van der Waals surface area contributed by atoms with Crippen LogP contribution in [0.1, 0.15) is 34.6 Å². The quantitative estimate of drug-likeness (QED) is 0.778. The molecule has 0 amide bonds. The van der Waals surface area contributed by atoms with Gasteiger partial charge in [0, 0.05) is 42.8 Å². The minimum atomic E-state index is 0.323. The lowest BCUT2D eigenvalue weighted by molar-refractivity contribution is 0.192. The van der Waals surface area contributed by atoms with Gasteiger partial charge in [-0.05, 0) is 38.8 Å². The number of rotatable bonds is 8. The highest BCUT2D eigenvalue weighted by Crippen LogP contribution is 2.28. The summed E-state index contributed by atoms with van der Waals surface area (Å²) in [6.07, 6.45) is 1.84. The summed E-state index contributed by atoms with van der Waals surface area (Å²) in [6, 6.07) is 8.95. The predicted molar refractivity (Wildman–Crippen MR) is 103 cm³/mol. The average molecular weight is 329 g/mol. The third-order valence-corrected chi connectivity index (χ3v) is 4.15. The zero-order valence-corrected chi connectivity index (χ0v) is 15.8. The van der Waals surface area contributed by atoms with Crippen LogP contribution in [-0.2, 0) is 0 Å². The number of pyridine rings is 1. The summed E-state index contributed by atoms with van der Waals surface area (Å²) in [5.74, 6) is 1.52. The van der Waals surface area contributed by atoms with E-state index in [1.807, 2.05) is 24.4 Å². The molecule has 0 unspecified atom stereocenters. The second-order valence-corrected chi connectivity index (χ2v) is 7.24. The Hall–Kier alpha value is -1.81. The van der Waals surface area contributed by atoms with Gasteiger partial charge in [0.15, 0.2) is 0 Å². The van der Waals surface area contributed by atoms with E-state index < -0.39 is 0 Å². The fraction of sp³-hybridized carbons (Fsp3) is 0.550. The van der Waals surface area contributed by atoms with Gasteiger partial charge in [-0.3, -0.25) is 9.88 Å². The van der Waals surface area contributed by atoms with Crippen LogP contribution in [0.5, 0.6) is 5.75 Å². The van der Waals surface area contributed by atoms with Crippen molar-refractivity contribution in [2.24, 2.45) is 5.92 Å². The molecule has 1 N–H and O–H groups in total. The van der Waals surface area contributed by atoms with Crippen LogP contribution in [0, 0.1) is 5.92 Å². The van der Waals surface area contributed by atoms with Crippen molar-refractivity contribution in [1.29, 1.82) is 0 Å². The fourth-order valence-electron chi connectivity index (χ4n) is 3.02. The topological polar surface area (TPSA) is 37.4 Å². The van der Waals surface area contributed by atoms with Crippen LogP contribution < -0.4 is 10.1 Å². The second kappa shape index (κ2) is 8.34. The normalized spacial score (nSPS) is 13.0. The highest BCUT2D eigenvalue weighted by molar-refractivity contribution is 5.91. The van der Waals surface area contributed by atoms with E-state index in [2.05, 4.69) is 55.9 Å². The van der Waals surface area contributed by atoms with Gasteiger partial charge in [-0.1, -0.05) is 19.9 Å². The Morgan fingerprint density at radius 2 is 1.88 bits per heavy atom. The molecule has 1 aromatic heterocycles. The highest BCUT2D eigenvalue weighted by Gasteiger charge is 2.16. The summed E-state index contributed by atoms with van der Waals surface area (Å²) in [4.78, 5) is 7.07. The number of hydrogen-bond acceptors (Lipinski definition) is 4. The summed E-state index contributed by atoms with van der Waals surface area (Å²) in [5, 5.41) is 4.73. The number of ether oxygens (including phenoxy) is 1. The van der Waals surface area contributed by atoms with E-state index in [0.29, 0.717) is 18.0 Å². The molecule has 0 aliphatic carbocycles. The maximum Gasteiger partial charge on any atom is 0.121 e. The Morgan fingerprint density at radius 3 is 2.50 bits per heavy atom. The number of methoxy groups -OCH3 is 1. The molecule has 4 heteroatoms. The van der Waals surface area contributed by atoms with Gasteiger partial charge >= 0.3 is 0 Å². The van der Waals surface area contributed by atoms with Gasteiger partial charge in [-0.25, -0.2) is 0 Å². The number of aromatic nitrogens is 1. The van der Waals surface area contributed by atoms with E-state index in [1.165, 1.54) is 0 Å². The van der Waals surface area contributed by atoms with Crippen LogP contribution in [0.25, 0.3) is 10.9 Å². The summed E-state index contributed by atoms with van der Waals surface area (Å²) in [6.45, 7) is 13.4. The number of hydrogen-bond donors (Lipinski definition) is 1. The third kappa shape index (κ3) is 4.84. The maximum absolute atomic E-state index is 5.44. The number of fused-ring (bicyclic) bond motifs is 1. The highest BCUT2D eigenvalue weighted by atomic mass is 16.5. The zero-order valence-electron chi connectivity index (χ0n) is 15.8. The van der Waals surface area contributed by atoms with E-state index in [4.69, 9.17) is 4.74 Å². The van der Waals surface area contributed by atoms with Crippen molar-refractivity contribution in [1.82, 2.24) is 9.88 Å². The lowest BCUT2D eigenvalue weighted by Crippen LogP contribution is -2.41. The van der Waals surface area contributed by atoms with E-state index in [9.17, 15) is 0 Å². The Bertz CT molecular complexity index is 654. The molecule has 2 rings (SSSR count). The van der Waals surface area contributed by atoms with Crippen molar-refractivity contribution in [2.45, 2.75) is 46.7 Å². The standard InChI is InChI=1S/C20H31N3O/c1-14(2)12-23(15(3)4)13-16(5)22-19-11-18(24-6)10-17-8-7-9-21-20(17)19/h7-11,14-16,22H,12-13H2,1-6H3/t16-/m1/s1. The van der Waals surface area contributed by atoms with Crippen molar-refractivity contribution < 1.29 is 4.74 Å². The van der Waals surface area contributed by atoms with Gasteiger partial charge < -0.3 is 10.1 Å². The predicted octanol–water partition coefficient (Wildman–Crippen LogP) is 4.41. The Balaban J connectivity index is 2.18. The molecule has 0 aliphatic heterocycles. The van der Waals surface area contributed by atoms with Gasteiger partial charge in [0.25, 0.3) is 0 Å². The van der Waals surface area contributed by atoms with Gasteiger partial charge in [-0.15, -0.1) is 0 Å². The lowest BCUT2D eigenvalue weighted by Gasteiger charge is -2.31. The molecule has 4 nitrogen and oxygen atoms in total. The minimum Gasteiger partial charge on any atom is -0.497 e. The first kappa shape index (κ1) is 18.5. The van der Waals surface area contributed by atoms with Crippen LogP contribution >= 0.6 is 0 Å². The molecule has 0 aliphatic rings. The van der Waals surface area contributed by atoms with E-state index in [0.717, 1.165) is 35.4 Å². The summed E-state index contributed by atoms with van der Waals surface area (Å²) in [5.41, 5.74) is 2.02. The van der Waals surface area contributed by atoms with Gasteiger partial charge in [0.1, 0.15) is 5.75 Å². The van der Waals surface area contributed by atoms with Crippen LogP contribution in [-0.4, -0.2) is 42.2 Å². The Labute approximate surface area is 146 Å². The van der Waals surface area contributed by atoms with E-state index in [-0.39, 0.29) is 0 Å². The van der Waals surface area contributed by atoms with Crippen LogP contribution in [0.4, 0.5) is 5.69 Å². The monoisotopic (exact) mass is 329 g/mol. The molecule has 0 saturated carbocycles. The third-order valence-electron chi connectivity index (χ3n) is 4.15. The molecule has 24 heavy (non-hydrogen) atoms. The lowest BCUT2D eigenvalue weighted by atomic mass is 10.1. The summed E-state index contributed by atoms with van der Waals surface area (Å²) < 4.78 is 5.44. The van der Waals surface area contributed by atoms with Crippen LogP contribution in [0.3, 0.4) is 0 Å². The van der Waals surface area contributed by atoms with E-state index >= 15 is 0 Å². The Kier molecular flexibility index (Phi) is 6.44. The van der Waals surface area contributed by atoms with Gasteiger partial charge in [-0.2, -0.15) is 0 Å². The first-order chi connectivity index (χ1) is 11.4. The van der Waals surface area contributed by atoms with Crippen molar-refractivity contribution in [3.63, 3.8) is 0 Å². The minimum absolute atomic E-state index is 0.323. The average Bonchev–Trinajstić information content (AvgIpc) is 2.53. The molecule has 0 radical (unpaired) electrons. The Morgan fingerprint density at radius 1 is 1.12 bits per heavy atom. The molecule has 0 spiro atoms. The van der Waals surface area contributed by atoms with Crippen LogP contribution in [0.2, 0.25) is 0 Å². The van der Waals surface area contributed by atoms with Crippen molar-refractivity contribution >= 4 is 16.6 Å². The molecule has 1 atom stereocenters. The molecular weight excluding hydrogens is 298 g/mol. The van der Waals surface area contributed by atoms with Crippen LogP contribution in [0.15, 0.2) is 30.5 Å². The number of nitrogens with one attached hydrogen (secondary N) is 1. The number of nitrogens with zero attached hydrogens (tertiary/aromatic N) is 2. The molecular formula is C20H31N3O. The van der Waals surface area contributed by atoms with Crippen molar-refractivity contribution in [2.75, 3.05) is 25.5 Å². The maximum atomic E-state index is 5.44. The largest absolute Gasteiger partial charge is 0.497 e. The second-order valence-electron chi connectivity index (χ2n) is 7.24. The summed E-state index contributed by atoms with van der Waals surface area (Å²) in [7, 11) is 1.70. The van der Waals surface area contributed by atoms with Crippen molar-refractivity contribution in [3.8, 4) is 5.75 Å². The molecule has 0 saturated heterocycles. The SMILES string of the molecule is COc1cc(N[C@H](C)CN(CC(C)C)C(C)C)c2ncccc2c1. The first-order valence-corrected chi connectivity index (χ1v) is 8.84. The smallest absolute Gasteiger partial charge is 0.121 e. The van der Waals surface area contributed by atoms with Gasteiger partial charge in [0.05, 0.1) is 18.3 Å².